The lowest BCUT2D eigenvalue weighted by Crippen LogP contribution is -2.13. The number of pyridine rings is 1. The molecule has 1 N–H and O–H groups in total. The second-order valence-electron chi connectivity index (χ2n) is 4.65. The first-order chi connectivity index (χ1) is 10.7. The third kappa shape index (κ3) is 3.50. The average molecular weight is 334 g/mol. The van der Waals surface area contributed by atoms with Crippen molar-refractivity contribution in [3.8, 4) is 10.4 Å². The summed E-state index contributed by atoms with van der Waals surface area (Å²) in [5.41, 5.74) is 1.52. The van der Waals surface area contributed by atoms with E-state index in [-0.39, 0.29) is 5.82 Å². The van der Waals surface area contributed by atoms with E-state index >= 15 is 0 Å². The van der Waals surface area contributed by atoms with Crippen molar-refractivity contribution < 1.29 is 4.39 Å². The highest BCUT2D eigenvalue weighted by molar-refractivity contribution is 7.15. The molecule has 3 rings (SSSR count). The fourth-order valence-corrected chi connectivity index (χ4v) is 3.22. The molecule has 0 radical (unpaired) electrons. The van der Waals surface area contributed by atoms with Gasteiger partial charge in [0.2, 0.25) is 0 Å². The number of nitrogens with one attached hydrogen (secondary N) is 1. The Morgan fingerprint density at radius 3 is 2.77 bits per heavy atom. The molecule has 2 aromatic heterocycles. The van der Waals surface area contributed by atoms with Gasteiger partial charge in [-0.05, 0) is 18.2 Å². The largest absolute Gasteiger partial charge is 0.306 e. The summed E-state index contributed by atoms with van der Waals surface area (Å²) < 4.78 is 13.5. The van der Waals surface area contributed by atoms with Gasteiger partial charge in [0.15, 0.2) is 0 Å². The molecular formula is C16H13ClFN3S. The summed E-state index contributed by atoms with van der Waals surface area (Å²) >= 11 is 7.63. The number of halogens is 2. The molecule has 0 aliphatic carbocycles. The Bertz CT molecular complexity index is 775. The third-order valence-electron chi connectivity index (χ3n) is 3.13. The van der Waals surface area contributed by atoms with Gasteiger partial charge in [0, 0.05) is 36.6 Å². The SMILES string of the molecule is Fc1ccccc1CNCc1ncc(-c2cccnc2Cl)s1. The van der Waals surface area contributed by atoms with Crippen molar-refractivity contribution in [2.24, 2.45) is 0 Å². The Morgan fingerprint density at radius 2 is 1.95 bits per heavy atom. The maximum atomic E-state index is 13.5. The van der Waals surface area contributed by atoms with Gasteiger partial charge in [0.05, 0.1) is 4.88 Å². The van der Waals surface area contributed by atoms with Gasteiger partial charge in [0.25, 0.3) is 0 Å². The van der Waals surface area contributed by atoms with Crippen LogP contribution in [0.1, 0.15) is 10.6 Å². The van der Waals surface area contributed by atoms with Crippen molar-refractivity contribution >= 4 is 22.9 Å². The molecule has 3 nitrogen and oxygen atoms in total. The number of nitrogens with zero attached hydrogens (tertiary/aromatic N) is 2. The van der Waals surface area contributed by atoms with Gasteiger partial charge in [-0.25, -0.2) is 14.4 Å². The molecule has 0 amide bonds. The first-order valence-corrected chi connectivity index (χ1v) is 7.93. The van der Waals surface area contributed by atoms with E-state index in [2.05, 4.69) is 15.3 Å². The van der Waals surface area contributed by atoms with Crippen LogP contribution in [-0.2, 0) is 13.1 Å². The minimum absolute atomic E-state index is 0.197. The molecule has 0 spiro atoms. The van der Waals surface area contributed by atoms with Crippen LogP contribution in [0.2, 0.25) is 5.15 Å². The van der Waals surface area contributed by atoms with Crippen LogP contribution in [0.5, 0.6) is 0 Å². The van der Waals surface area contributed by atoms with Crippen LogP contribution in [0.15, 0.2) is 48.8 Å². The number of hydrogen-bond donors (Lipinski definition) is 1. The zero-order valence-corrected chi connectivity index (χ0v) is 13.2. The molecule has 0 aliphatic heterocycles. The van der Waals surface area contributed by atoms with Gasteiger partial charge < -0.3 is 5.32 Å². The van der Waals surface area contributed by atoms with E-state index in [1.54, 1.807) is 35.9 Å². The summed E-state index contributed by atoms with van der Waals surface area (Å²) in [5, 5.41) is 4.59. The molecule has 6 heteroatoms. The van der Waals surface area contributed by atoms with Crippen LogP contribution in [0, 0.1) is 5.82 Å². The summed E-state index contributed by atoms with van der Waals surface area (Å²) in [5.74, 6) is -0.197. The van der Waals surface area contributed by atoms with Crippen LogP contribution < -0.4 is 5.32 Å². The van der Waals surface area contributed by atoms with E-state index in [9.17, 15) is 4.39 Å². The lowest BCUT2D eigenvalue weighted by molar-refractivity contribution is 0.587. The number of thiazole rings is 1. The first-order valence-electron chi connectivity index (χ1n) is 6.74. The fraction of sp³-hybridized carbons (Fsp3) is 0.125. The highest BCUT2D eigenvalue weighted by Crippen LogP contribution is 2.30. The van der Waals surface area contributed by atoms with Crippen LogP contribution in [0.4, 0.5) is 4.39 Å². The Hall–Kier alpha value is -1.82. The van der Waals surface area contributed by atoms with Crippen molar-refractivity contribution in [3.05, 3.63) is 70.3 Å². The minimum Gasteiger partial charge on any atom is -0.306 e. The molecule has 0 saturated heterocycles. The van der Waals surface area contributed by atoms with Crippen LogP contribution in [0.25, 0.3) is 10.4 Å². The monoisotopic (exact) mass is 333 g/mol. The predicted molar refractivity (Wildman–Crippen MR) is 87.3 cm³/mol. The van der Waals surface area contributed by atoms with Gasteiger partial charge in [-0.2, -0.15) is 0 Å². The smallest absolute Gasteiger partial charge is 0.137 e. The molecule has 0 aliphatic rings. The second kappa shape index (κ2) is 6.96. The highest BCUT2D eigenvalue weighted by Gasteiger charge is 2.08. The van der Waals surface area contributed by atoms with E-state index in [0.29, 0.717) is 23.8 Å². The maximum Gasteiger partial charge on any atom is 0.137 e. The molecule has 0 fully saturated rings. The van der Waals surface area contributed by atoms with Gasteiger partial charge in [0.1, 0.15) is 16.0 Å². The summed E-state index contributed by atoms with van der Waals surface area (Å²) in [4.78, 5) is 9.40. The first kappa shape index (κ1) is 15.1. The predicted octanol–water partition coefficient (Wildman–Crippen LogP) is 4.29. The zero-order chi connectivity index (χ0) is 15.4. The topological polar surface area (TPSA) is 37.8 Å². The number of benzene rings is 1. The third-order valence-corrected chi connectivity index (χ3v) is 4.46. The molecule has 22 heavy (non-hydrogen) atoms. The van der Waals surface area contributed by atoms with Crippen molar-refractivity contribution in [2.45, 2.75) is 13.1 Å². The maximum absolute atomic E-state index is 13.5. The average Bonchev–Trinajstić information content (AvgIpc) is 2.98. The van der Waals surface area contributed by atoms with E-state index in [1.165, 1.54) is 6.07 Å². The molecule has 3 aromatic rings. The van der Waals surface area contributed by atoms with Crippen molar-refractivity contribution in [1.29, 1.82) is 0 Å². The molecule has 2 heterocycles. The number of aromatic nitrogens is 2. The zero-order valence-electron chi connectivity index (χ0n) is 11.6. The second-order valence-corrected chi connectivity index (χ2v) is 6.13. The van der Waals surface area contributed by atoms with Gasteiger partial charge in [-0.3, -0.25) is 0 Å². The summed E-state index contributed by atoms with van der Waals surface area (Å²) in [6.07, 6.45) is 3.44. The molecule has 0 bridgehead atoms. The minimum atomic E-state index is -0.197. The quantitative estimate of drug-likeness (QED) is 0.708. The Balaban J connectivity index is 1.63. The Morgan fingerprint density at radius 1 is 1.09 bits per heavy atom. The van der Waals surface area contributed by atoms with E-state index in [1.807, 2.05) is 18.2 Å². The van der Waals surface area contributed by atoms with Crippen molar-refractivity contribution in [3.63, 3.8) is 0 Å². The standard InChI is InChI=1S/C16H13ClFN3S/c17-16-12(5-3-7-20-16)14-9-21-15(22-14)10-19-8-11-4-1-2-6-13(11)18/h1-7,9,19H,8,10H2. The lowest BCUT2D eigenvalue weighted by Gasteiger charge is -2.03. The lowest BCUT2D eigenvalue weighted by atomic mass is 10.2. The van der Waals surface area contributed by atoms with Crippen molar-refractivity contribution in [2.75, 3.05) is 0 Å². The summed E-state index contributed by atoms with van der Waals surface area (Å²) in [7, 11) is 0. The molecule has 0 atom stereocenters. The van der Waals surface area contributed by atoms with E-state index in [0.717, 1.165) is 15.4 Å². The normalized spacial score (nSPS) is 10.8. The van der Waals surface area contributed by atoms with Crippen LogP contribution in [-0.4, -0.2) is 9.97 Å². The number of rotatable bonds is 5. The van der Waals surface area contributed by atoms with E-state index in [4.69, 9.17) is 11.6 Å². The highest BCUT2D eigenvalue weighted by atomic mass is 35.5. The molecule has 1 aromatic carbocycles. The molecule has 0 unspecified atom stereocenters. The van der Waals surface area contributed by atoms with E-state index < -0.39 is 0 Å². The summed E-state index contributed by atoms with van der Waals surface area (Å²) in [6.45, 7) is 1.05. The Kier molecular flexibility index (Phi) is 4.77. The molecule has 112 valence electrons. The Labute approximate surface area is 136 Å². The summed E-state index contributed by atoms with van der Waals surface area (Å²) in [6, 6.07) is 10.5. The van der Waals surface area contributed by atoms with Gasteiger partial charge in [-0.1, -0.05) is 29.8 Å². The number of hydrogen-bond acceptors (Lipinski definition) is 4. The fourth-order valence-electron chi connectivity index (χ4n) is 2.03. The molecule has 0 saturated carbocycles. The van der Waals surface area contributed by atoms with Crippen LogP contribution >= 0.6 is 22.9 Å². The van der Waals surface area contributed by atoms with Gasteiger partial charge >= 0.3 is 0 Å². The van der Waals surface area contributed by atoms with Crippen molar-refractivity contribution in [1.82, 2.24) is 15.3 Å². The van der Waals surface area contributed by atoms with Gasteiger partial charge in [-0.15, -0.1) is 11.3 Å². The molecular weight excluding hydrogens is 321 g/mol. The van der Waals surface area contributed by atoms with Crippen LogP contribution in [0.3, 0.4) is 0 Å².